The van der Waals surface area contributed by atoms with E-state index in [1.54, 1.807) is 38.1 Å². The standard InChI is InChI=1S/C15H18N2O3/c1-15(2,14(19)17-11-7-12(18)8-11)20-13-5-3-10(9-16)4-6-13/h3-6,11-12,18H,7-8H2,1-2H3,(H,17,19). The van der Waals surface area contributed by atoms with E-state index in [0.717, 1.165) is 0 Å². The van der Waals surface area contributed by atoms with Crippen molar-refractivity contribution in [1.82, 2.24) is 5.32 Å². The normalized spacial score (nSPS) is 21.5. The molecule has 1 aromatic carbocycles. The SMILES string of the molecule is CC(C)(Oc1ccc(C#N)cc1)C(=O)NC1CC(O)C1. The summed E-state index contributed by atoms with van der Waals surface area (Å²) in [5, 5.41) is 20.8. The van der Waals surface area contributed by atoms with Crippen molar-refractivity contribution in [1.29, 1.82) is 5.26 Å². The molecule has 1 fully saturated rings. The predicted octanol–water partition coefficient (Wildman–Crippen LogP) is 1.36. The molecule has 0 saturated heterocycles. The van der Waals surface area contributed by atoms with Gasteiger partial charge in [-0.2, -0.15) is 5.26 Å². The summed E-state index contributed by atoms with van der Waals surface area (Å²) in [7, 11) is 0. The lowest BCUT2D eigenvalue weighted by molar-refractivity contribution is -0.136. The highest BCUT2D eigenvalue weighted by atomic mass is 16.5. The summed E-state index contributed by atoms with van der Waals surface area (Å²) in [6.45, 7) is 3.38. The lowest BCUT2D eigenvalue weighted by atomic mass is 9.89. The molecule has 1 aliphatic carbocycles. The largest absolute Gasteiger partial charge is 0.478 e. The average Bonchev–Trinajstić information content (AvgIpc) is 2.37. The number of carbonyl (C=O) groups is 1. The second-order valence-corrected chi connectivity index (χ2v) is 5.54. The second-order valence-electron chi connectivity index (χ2n) is 5.54. The van der Waals surface area contributed by atoms with Crippen LogP contribution >= 0.6 is 0 Å². The Labute approximate surface area is 118 Å². The lowest BCUT2D eigenvalue weighted by Crippen LogP contribution is -2.54. The van der Waals surface area contributed by atoms with E-state index in [0.29, 0.717) is 24.2 Å². The number of nitriles is 1. The van der Waals surface area contributed by atoms with Crippen molar-refractivity contribution in [2.24, 2.45) is 0 Å². The van der Waals surface area contributed by atoms with E-state index >= 15 is 0 Å². The zero-order chi connectivity index (χ0) is 14.8. The molecule has 2 rings (SSSR count). The molecule has 0 heterocycles. The van der Waals surface area contributed by atoms with Crippen LogP contribution in [0.1, 0.15) is 32.3 Å². The second kappa shape index (κ2) is 5.51. The number of aliphatic hydroxyl groups excluding tert-OH is 1. The fourth-order valence-electron chi connectivity index (χ4n) is 2.00. The lowest BCUT2D eigenvalue weighted by Gasteiger charge is -2.35. The molecule has 1 aliphatic rings. The Morgan fingerprint density at radius 3 is 2.50 bits per heavy atom. The van der Waals surface area contributed by atoms with Crippen molar-refractivity contribution < 1.29 is 14.6 Å². The summed E-state index contributed by atoms with van der Waals surface area (Å²) < 4.78 is 5.68. The van der Waals surface area contributed by atoms with Crippen LogP contribution in [-0.4, -0.2) is 28.8 Å². The van der Waals surface area contributed by atoms with Gasteiger partial charge in [-0.15, -0.1) is 0 Å². The van der Waals surface area contributed by atoms with Crippen LogP contribution in [0.3, 0.4) is 0 Å². The Morgan fingerprint density at radius 1 is 1.40 bits per heavy atom. The molecule has 20 heavy (non-hydrogen) atoms. The van der Waals surface area contributed by atoms with E-state index in [1.165, 1.54) is 0 Å². The molecule has 1 aromatic rings. The first kappa shape index (κ1) is 14.4. The molecule has 1 amide bonds. The predicted molar refractivity (Wildman–Crippen MR) is 73.0 cm³/mol. The summed E-state index contributed by atoms with van der Waals surface area (Å²) in [5.41, 5.74) is -0.461. The van der Waals surface area contributed by atoms with Crippen LogP contribution in [0.2, 0.25) is 0 Å². The van der Waals surface area contributed by atoms with Crippen LogP contribution < -0.4 is 10.1 Å². The Balaban J connectivity index is 1.94. The smallest absolute Gasteiger partial charge is 0.263 e. The quantitative estimate of drug-likeness (QED) is 0.868. The number of nitrogens with one attached hydrogen (secondary N) is 1. The summed E-state index contributed by atoms with van der Waals surface area (Å²) in [5.74, 6) is 0.330. The van der Waals surface area contributed by atoms with E-state index in [9.17, 15) is 9.90 Å². The van der Waals surface area contributed by atoms with Crippen molar-refractivity contribution in [2.75, 3.05) is 0 Å². The molecule has 0 atom stereocenters. The Morgan fingerprint density at radius 2 is 2.00 bits per heavy atom. The van der Waals surface area contributed by atoms with Crippen molar-refractivity contribution in [3.8, 4) is 11.8 Å². The van der Waals surface area contributed by atoms with Gasteiger partial charge >= 0.3 is 0 Å². The third-order valence-corrected chi connectivity index (χ3v) is 3.35. The molecule has 5 heteroatoms. The molecule has 5 nitrogen and oxygen atoms in total. The third kappa shape index (κ3) is 3.28. The number of nitrogens with zero attached hydrogens (tertiary/aromatic N) is 1. The fraction of sp³-hybridized carbons (Fsp3) is 0.467. The number of rotatable bonds is 4. The van der Waals surface area contributed by atoms with Gasteiger partial charge in [0.25, 0.3) is 5.91 Å². The van der Waals surface area contributed by atoms with E-state index in [4.69, 9.17) is 10.00 Å². The number of ether oxygens (including phenoxy) is 1. The van der Waals surface area contributed by atoms with E-state index in [-0.39, 0.29) is 18.1 Å². The topological polar surface area (TPSA) is 82.3 Å². The molecule has 0 aromatic heterocycles. The van der Waals surface area contributed by atoms with Gasteiger partial charge in [-0.1, -0.05) is 0 Å². The molecular formula is C15H18N2O3. The minimum Gasteiger partial charge on any atom is -0.478 e. The van der Waals surface area contributed by atoms with Gasteiger partial charge in [0.05, 0.1) is 17.7 Å². The zero-order valence-corrected chi connectivity index (χ0v) is 11.6. The number of hydrogen-bond donors (Lipinski definition) is 2. The minimum atomic E-state index is -1.01. The van der Waals surface area contributed by atoms with Gasteiger partial charge in [-0.3, -0.25) is 4.79 Å². The molecule has 0 spiro atoms. The van der Waals surface area contributed by atoms with Crippen molar-refractivity contribution in [3.63, 3.8) is 0 Å². The number of amides is 1. The van der Waals surface area contributed by atoms with Gasteiger partial charge < -0.3 is 15.2 Å². The highest BCUT2D eigenvalue weighted by Crippen LogP contribution is 2.23. The molecule has 0 unspecified atom stereocenters. The van der Waals surface area contributed by atoms with Gasteiger partial charge in [0.2, 0.25) is 0 Å². The minimum absolute atomic E-state index is 0.0290. The molecule has 1 saturated carbocycles. The Bertz CT molecular complexity index is 525. The highest BCUT2D eigenvalue weighted by Gasteiger charge is 2.35. The first-order valence-corrected chi connectivity index (χ1v) is 6.59. The number of hydrogen-bond acceptors (Lipinski definition) is 4. The highest BCUT2D eigenvalue weighted by molar-refractivity contribution is 5.85. The van der Waals surface area contributed by atoms with E-state index in [2.05, 4.69) is 5.32 Å². The monoisotopic (exact) mass is 274 g/mol. The van der Waals surface area contributed by atoms with Crippen LogP contribution in [-0.2, 0) is 4.79 Å². The molecule has 0 radical (unpaired) electrons. The van der Waals surface area contributed by atoms with E-state index < -0.39 is 5.60 Å². The van der Waals surface area contributed by atoms with Crippen molar-refractivity contribution >= 4 is 5.91 Å². The van der Waals surface area contributed by atoms with Gasteiger partial charge in [-0.05, 0) is 51.0 Å². The first-order chi connectivity index (χ1) is 9.40. The van der Waals surface area contributed by atoms with Crippen LogP contribution in [0.4, 0.5) is 0 Å². The van der Waals surface area contributed by atoms with Crippen LogP contribution in [0.25, 0.3) is 0 Å². The molecular weight excluding hydrogens is 256 g/mol. The summed E-state index contributed by atoms with van der Waals surface area (Å²) >= 11 is 0. The van der Waals surface area contributed by atoms with Gasteiger partial charge in [0.1, 0.15) is 5.75 Å². The van der Waals surface area contributed by atoms with Gasteiger partial charge in [0, 0.05) is 6.04 Å². The fourth-order valence-corrected chi connectivity index (χ4v) is 2.00. The van der Waals surface area contributed by atoms with Crippen molar-refractivity contribution in [3.05, 3.63) is 29.8 Å². The number of carbonyl (C=O) groups excluding carboxylic acids is 1. The third-order valence-electron chi connectivity index (χ3n) is 3.35. The maximum Gasteiger partial charge on any atom is 0.263 e. The summed E-state index contributed by atoms with van der Waals surface area (Å²) in [6.07, 6.45) is 0.889. The molecule has 106 valence electrons. The van der Waals surface area contributed by atoms with Crippen LogP contribution in [0.15, 0.2) is 24.3 Å². The first-order valence-electron chi connectivity index (χ1n) is 6.59. The Kier molecular flexibility index (Phi) is 3.96. The van der Waals surface area contributed by atoms with E-state index in [1.807, 2.05) is 6.07 Å². The summed E-state index contributed by atoms with van der Waals surface area (Å²) in [4.78, 5) is 12.1. The average molecular weight is 274 g/mol. The number of aliphatic hydroxyl groups is 1. The molecule has 0 aliphatic heterocycles. The maximum absolute atomic E-state index is 12.1. The Hall–Kier alpha value is -2.06. The van der Waals surface area contributed by atoms with Gasteiger partial charge in [0.15, 0.2) is 5.60 Å². The van der Waals surface area contributed by atoms with Crippen molar-refractivity contribution in [2.45, 2.75) is 44.4 Å². The maximum atomic E-state index is 12.1. The number of benzene rings is 1. The molecule has 0 bridgehead atoms. The van der Waals surface area contributed by atoms with Gasteiger partial charge in [-0.25, -0.2) is 0 Å². The molecule has 2 N–H and O–H groups in total. The van der Waals surface area contributed by atoms with Crippen LogP contribution in [0, 0.1) is 11.3 Å². The van der Waals surface area contributed by atoms with Crippen LogP contribution in [0.5, 0.6) is 5.75 Å². The zero-order valence-electron chi connectivity index (χ0n) is 11.6. The summed E-state index contributed by atoms with van der Waals surface area (Å²) in [6, 6.07) is 8.68.